The third kappa shape index (κ3) is 4.59. The van der Waals surface area contributed by atoms with Crippen molar-refractivity contribution in [3.8, 4) is 5.75 Å². The number of benzene rings is 2. The van der Waals surface area contributed by atoms with E-state index in [0.29, 0.717) is 0 Å². The summed E-state index contributed by atoms with van der Waals surface area (Å²) >= 11 is 0. The molecule has 24 heavy (non-hydrogen) atoms. The van der Waals surface area contributed by atoms with E-state index in [-0.39, 0.29) is 0 Å². The monoisotopic (exact) mass is 324 g/mol. The lowest BCUT2D eigenvalue weighted by atomic mass is 10.1. The van der Waals surface area contributed by atoms with Gasteiger partial charge < -0.3 is 10.1 Å². The van der Waals surface area contributed by atoms with Gasteiger partial charge in [-0.25, -0.2) is 0 Å². The number of ether oxygens (including phenoxy) is 1. The summed E-state index contributed by atoms with van der Waals surface area (Å²) in [7, 11) is 0. The van der Waals surface area contributed by atoms with Crippen LogP contribution in [0.4, 0.5) is 0 Å². The number of nitrogens with one attached hydrogen (secondary N) is 1. The summed E-state index contributed by atoms with van der Waals surface area (Å²) in [6.45, 7) is 10.5. The molecule has 0 radical (unpaired) electrons. The Morgan fingerprint density at radius 1 is 0.958 bits per heavy atom. The largest absolute Gasteiger partial charge is 0.493 e. The Labute approximate surface area is 145 Å². The molecule has 1 fully saturated rings. The first-order valence-corrected chi connectivity index (χ1v) is 8.92. The number of aryl methyl sites for hydroxylation is 1. The SMILES string of the molecule is Cc1cccc(OCCc2ccc(CN3CCNCC3)cc2)c1C. The predicted molar refractivity (Wildman–Crippen MR) is 99.7 cm³/mol. The molecular weight excluding hydrogens is 296 g/mol. The van der Waals surface area contributed by atoms with E-state index < -0.39 is 0 Å². The molecule has 2 aromatic carbocycles. The molecule has 1 N–H and O–H groups in total. The molecule has 0 unspecified atom stereocenters. The van der Waals surface area contributed by atoms with Crippen molar-refractivity contribution in [2.45, 2.75) is 26.8 Å². The fourth-order valence-electron chi connectivity index (χ4n) is 3.10. The zero-order valence-corrected chi connectivity index (χ0v) is 14.8. The van der Waals surface area contributed by atoms with E-state index in [9.17, 15) is 0 Å². The summed E-state index contributed by atoms with van der Waals surface area (Å²) < 4.78 is 5.96. The molecule has 0 bridgehead atoms. The Kier molecular flexibility index (Phi) is 5.89. The second-order valence-electron chi connectivity index (χ2n) is 6.64. The van der Waals surface area contributed by atoms with E-state index in [1.54, 1.807) is 0 Å². The topological polar surface area (TPSA) is 24.5 Å². The summed E-state index contributed by atoms with van der Waals surface area (Å²) in [6, 6.07) is 15.2. The van der Waals surface area contributed by atoms with Crippen molar-refractivity contribution in [2.24, 2.45) is 0 Å². The summed E-state index contributed by atoms with van der Waals surface area (Å²) in [5.41, 5.74) is 5.26. The van der Waals surface area contributed by atoms with Crippen LogP contribution in [0.3, 0.4) is 0 Å². The van der Waals surface area contributed by atoms with E-state index in [4.69, 9.17) is 4.74 Å². The summed E-state index contributed by atoms with van der Waals surface area (Å²) in [4.78, 5) is 2.51. The van der Waals surface area contributed by atoms with Gasteiger partial charge in [-0.3, -0.25) is 4.90 Å². The molecule has 3 rings (SSSR count). The van der Waals surface area contributed by atoms with Gasteiger partial charge in [0, 0.05) is 39.1 Å². The molecule has 0 spiro atoms. The quantitative estimate of drug-likeness (QED) is 0.882. The molecule has 3 nitrogen and oxygen atoms in total. The highest BCUT2D eigenvalue weighted by atomic mass is 16.5. The molecule has 1 heterocycles. The lowest BCUT2D eigenvalue weighted by Crippen LogP contribution is -2.42. The van der Waals surface area contributed by atoms with Gasteiger partial charge in [-0.05, 0) is 42.2 Å². The fraction of sp³-hybridized carbons (Fsp3) is 0.429. The molecule has 3 heteroatoms. The Bertz CT molecular complexity index is 645. The Balaban J connectivity index is 1.48. The van der Waals surface area contributed by atoms with Gasteiger partial charge in [0.15, 0.2) is 0 Å². The van der Waals surface area contributed by atoms with Gasteiger partial charge >= 0.3 is 0 Å². The van der Waals surface area contributed by atoms with Crippen molar-refractivity contribution in [3.63, 3.8) is 0 Å². The van der Waals surface area contributed by atoms with Crippen LogP contribution in [0, 0.1) is 13.8 Å². The number of hydrogen-bond acceptors (Lipinski definition) is 3. The van der Waals surface area contributed by atoms with Gasteiger partial charge in [-0.1, -0.05) is 36.4 Å². The van der Waals surface area contributed by atoms with Crippen LogP contribution in [0.15, 0.2) is 42.5 Å². The van der Waals surface area contributed by atoms with Crippen molar-refractivity contribution in [2.75, 3.05) is 32.8 Å². The second kappa shape index (κ2) is 8.32. The smallest absolute Gasteiger partial charge is 0.122 e. The van der Waals surface area contributed by atoms with Crippen LogP contribution in [0.25, 0.3) is 0 Å². The Morgan fingerprint density at radius 2 is 1.67 bits per heavy atom. The summed E-state index contributed by atoms with van der Waals surface area (Å²) in [5, 5.41) is 3.40. The third-order valence-corrected chi connectivity index (χ3v) is 4.84. The van der Waals surface area contributed by atoms with Crippen LogP contribution in [0.1, 0.15) is 22.3 Å². The van der Waals surface area contributed by atoms with Crippen LogP contribution in [0.2, 0.25) is 0 Å². The molecular formula is C21H28N2O. The zero-order chi connectivity index (χ0) is 16.8. The summed E-state index contributed by atoms with van der Waals surface area (Å²) in [6.07, 6.45) is 0.946. The van der Waals surface area contributed by atoms with Crippen molar-refractivity contribution in [1.82, 2.24) is 10.2 Å². The van der Waals surface area contributed by atoms with E-state index in [1.165, 1.54) is 22.3 Å². The first-order chi connectivity index (χ1) is 11.7. The molecule has 1 aliphatic heterocycles. The molecule has 0 aromatic heterocycles. The van der Waals surface area contributed by atoms with Crippen LogP contribution >= 0.6 is 0 Å². The van der Waals surface area contributed by atoms with Crippen molar-refractivity contribution in [3.05, 3.63) is 64.7 Å². The molecule has 0 amide bonds. The lowest BCUT2D eigenvalue weighted by Gasteiger charge is -2.27. The second-order valence-corrected chi connectivity index (χ2v) is 6.64. The van der Waals surface area contributed by atoms with Gasteiger partial charge in [0.2, 0.25) is 0 Å². The zero-order valence-electron chi connectivity index (χ0n) is 14.8. The fourth-order valence-corrected chi connectivity index (χ4v) is 3.10. The molecule has 1 aliphatic rings. The number of hydrogen-bond donors (Lipinski definition) is 1. The minimum atomic E-state index is 0.724. The highest BCUT2D eigenvalue weighted by Gasteiger charge is 2.09. The van der Waals surface area contributed by atoms with Crippen LogP contribution in [-0.2, 0) is 13.0 Å². The van der Waals surface area contributed by atoms with Gasteiger partial charge in [0.1, 0.15) is 5.75 Å². The first kappa shape index (κ1) is 17.0. The maximum Gasteiger partial charge on any atom is 0.122 e. The van der Waals surface area contributed by atoms with E-state index >= 15 is 0 Å². The van der Waals surface area contributed by atoms with Crippen molar-refractivity contribution in [1.29, 1.82) is 0 Å². The van der Waals surface area contributed by atoms with Gasteiger partial charge in [0.25, 0.3) is 0 Å². The minimum absolute atomic E-state index is 0.724. The molecule has 2 aromatic rings. The average molecular weight is 324 g/mol. The number of nitrogens with zero attached hydrogens (tertiary/aromatic N) is 1. The Hall–Kier alpha value is -1.84. The molecule has 0 aliphatic carbocycles. The normalized spacial score (nSPS) is 15.4. The first-order valence-electron chi connectivity index (χ1n) is 8.92. The van der Waals surface area contributed by atoms with Crippen molar-refractivity contribution >= 4 is 0 Å². The molecule has 128 valence electrons. The molecule has 0 atom stereocenters. The maximum absolute atomic E-state index is 5.96. The standard InChI is InChI=1S/C21H28N2O/c1-17-4-3-5-21(18(17)2)24-15-10-19-6-8-20(9-7-19)16-23-13-11-22-12-14-23/h3-9,22H,10-16H2,1-2H3. The predicted octanol–water partition coefficient (Wildman–Crippen LogP) is 3.33. The maximum atomic E-state index is 5.96. The number of piperazine rings is 1. The molecule has 1 saturated heterocycles. The number of rotatable bonds is 6. The van der Waals surface area contributed by atoms with Gasteiger partial charge in [-0.2, -0.15) is 0 Å². The Morgan fingerprint density at radius 3 is 2.42 bits per heavy atom. The van der Waals surface area contributed by atoms with Crippen LogP contribution in [-0.4, -0.2) is 37.7 Å². The van der Waals surface area contributed by atoms with Gasteiger partial charge in [-0.15, -0.1) is 0 Å². The summed E-state index contributed by atoms with van der Waals surface area (Å²) in [5.74, 6) is 1.00. The van der Waals surface area contributed by atoms with Gasteiger partial charge in [0.05, 0.1) is 6.61 Å². The highest BCUT2D eigenvalue weighted by Crippen LogP contribution is 2.20. The highest BCUT2D eigenvalue weighted by molar-refractivity contribution is 5.38. The van der Waals surface area contributed by atoms with E-state index in [1.807, 2.05) is 0 Å². The third-order valence-electron chi connectivity index (χ3n) is 4.84. The average Bonchev–Trinajstić information content (AvgIpc) is 2.61. The lowest BCUT2D eigenvalue weighted by molar-refractivity contribution is 0.233. The van der Waals surface area contributed by atoms with E-state index in [2.05, 4.69) is 66.5 Å². The van der Waals surface area contributed by atoms with Crippen LogP contribution in [0.5, 0.6) is 5.75 Å². The van der Waals surface area contributed by atoms with E-state index in [0.717, 1.165) is 51.5 Å². The van der Waals surface area contributed by atoms with Crippen molar-refractivity contribution < 1.29 is 4.74 Å². The molecule has 0 saturated carbocycles. The van der Waals surface area contributed by atoms with Crippen LogP contribution < -0.4 is 10.1 Å². The minimum Gasteiger partial charge on any atom is -0.493 e.